The van der Waals surface area contributed by atoms with Crippen LogP contribution in [0.3, 0.4) is 0 Å². The van der Waals surface area contributed by atoms with Gasteiger partial charge in [-0.2, -0.15) is 0 Å². The van der Waals surface area contributed by atoms with Gasteiger partial charge < -0.3 is 13.9 Å². The Balaban J connectivity index is 1.84. The van der Waals surface area contributed by atoms with Gasteiger partial charge in [-0.15, -0.1) is 0 Å². The van der Waals surface area contributed by atoms with E-state index in [9.17, 15) is 4.79 Å². The number of fused-ring (bicyclic) bond motifs is 1. The normalized spacial score (nSPS) is 27.9. The Labute approximate surface area is 125 Å². The van der Waals surface area contributed by atoms with E-state index in [0.717, 1.165) is 24.5 Å². The molecule has 2 aliphatic rings. The lowest BCUT2D eigenvalue weighted by molar-refractivity contribution is 0.0911. The molecule has 0 N–H and O–H groups in total. The van der Waals surface area contributed by atoms with Crippen LogP contribution in [0.4, 0.5) is 4.79 Å². The first kappa shape index (κ1) is 14.4. The van der Waals surface area contributed by atoms with Crippen LogP contribution in [0, 0.1) is 11.8 Å². The maximum Gasteiger partial charge on any atom is 0.410 e. The molecule has 1 saturated carbocycles. The largest absolute Gasteiger partial charge is 0.461 e. The number of rotatable bonds is 4. The molecule has 3 rings (SSSR count). The van der Waals surface area contributed by atoms with Crippen LogP contribution in [-0.4, -0.2) is 31.3 Å². The van der Waals surface area contributed by atoms with Crippen molar-refractivity contribution in [2.24, 2.45) is 11.8 Å². The molecule has 2 fully saturated rings. The molecule has 0 aromatic carbocycles. The summed E-state index contributed by atoms with van der Waals surface area (Å²) in [5.74, 6) is 2.74. The van der Waals surface area contributed by atoms with Crippen molar-refractivity contribution in [1.82, 2.24) is 4.90 Å². The number of carbonyl (C=O) groups is 1. The molecule has 3 atom stereocenters. The number of nitrogens with zero attached hydrogens (tertiary/aromatic N) is 1. The van der Waals surface area contributed by atoms with E-state index in [1.807, 2.05) is 24.0 Å². The molecule has 1 aliphatic heterocycles. The fourth-order valence-electron chi connectivity index (χ4n) is 3.84. The first-order chi connectivity index (χ1) is 10.2. The fourth-order valence-corrected chi connectivity index (χ4v) is 3.84. The molecule has 1 aliphatic carbocycles. The molecule has 3 unspecified atom stereocenters. The Morgan fingerprint density at radius 2 is 2.29 bits per heavy atom. The summed E-state index contributed by atoms with van der Waals surface area (Å²) in [5.41, 5.74) is 0. The van der Waals surface area contributed by atoms with Crippen LogP contribution in [0.1, 0.15) is 43.7 Å². The second kappa shape index (κ2) is 6.10. The predicted molar refractivity (Wildman–Crippen MR) is 76.7 cm³/mol. The highest BCUT2D eigenvalue weighted by Gasteiger charge is 2.48. The van der Waals surface area contributed by atoms with E-state index in [0.29, 0.717) is 25.0 Å². The van der Waals surface area contributed by atoms with Crippen molar-refractivity contribution < 1.29 is 18.7 Å². The van der Waals surface area contributed by atoms with Crippen molar-refractivity contribution in [2.75, 3.05) is 20.3 Å². The quantitative estimate of drug-likeness (QED) is 0.854. The number of likely N-dealkylation sites (tertiary alicyclic amines) is 1. The van der Waals surface area contributed by atoms with Gasteiger partial charge in [-0.05, 0) is 43.7 Å². The van der Waals surface area contributed by atoms with E-state index in [4.69, 9.17) is 13.9 Å². The SMILES string of the molecule is CCOC(=O)N1CC2CCCC2C1c1ccc(COC)o1. The average molecular weight is 293 g/mol. The number of furan rings is 1. The standard InChI is InChI=1S/C16H23NO4/c1-3-20-16(18)17-9-11-5-4-6-13(11)15(17)14-8-7-12(21-14)10-19-2/h7-8,11,13,15H,3-6,9-10H2,1-2H3. The zero-order valence-corrected chi connectivity index (χ0v) is 12.7. The van der Waals surface area contributed by atoms with Gasteiger partial charge in [-0.25, -0.2) is 4.79 Å². The summed E-state index contributed by atoms with van der Waals surface area (Å²) in [5, 5.41) is 0. The molecule has 0 bridgehead atoms. The summed E-state index contributed by atoms with van der Waals surface area (Å²) in [6, 6.07) is 3.93. The van der Waals surface area contributed by atoms with Gasteiger partial charge in [-0.3, -0.25) is 4.90 Å². The van der Waals surface area contributed by atoms with Crippen LogP contribution in [0.25, 0.3) is 0 Å². The maximum absolute atomic E-state index is 12.2. The third-order valence-electron chi connectivity index (χ3n) is 4.65. The van der Waals surface area contributed by atoms with E-state index < -0.39 is 0 Å². The molecule has 116 valence electrons. The smallest absolute Gasteiger partial charge is 0.410 e. The molecule has 0 radical (unpaired) electrons. The molecule has 1 saturated heterocycles. The third kappa shape index (κ3) is 2.67. The average Bonchev–Trinajstić information content (AvgIpc) is 3.13. The summed E-state index contributed by atoms with van der Waals surface area (Å²) in [7, 11) is 1.65. The molecule has 1 amide bonds. The number of methoxy groups -OCH3 is 1. The predicted octanol–water partition coefficient (Wildman–Crippen LogP) is 3.36. The minimum atomic E-state index is -0.221. The third-order valence-corrected chi connectivity index (χ3v) is 4.65. The van der Waals surface area contributed by atoms with Crippen LogP contribution in [0.5, 0.6) is 0 Å². The monoisotopic (exact) mass is 293 g/mol. The van der Waals surface area contributed by atoms with Crippen molar-refractivity contribution in [1.29, 1.82) is 0 Å². The second-order valence-corrected chi connectivity index (χ2v) is 5.89. The zero-order valence-electron chi connectivity index (χ0n) is 12.7. The van der Waals surface area contributed by atoms with Crippen molar-refractivity contribution in [3.05, 3.63) is 23.7 Å². The molecular weight excluding hydrogens is 270 g/mol. The van der Waals surface area contributed by atoms with Gasteiger partial charge in [0.2, 0.25) is 0 Å². The highest BCUT2D eigenvalue weighted by atomic mass is 16.6. The summed E-state index contributed by atoms with van der Waals surface area (Å²) in [4.78, 5) is 14.1. The van der Waals surface area contributed by atoms with Gasteiger partial charge in [-0.1, -0.05) is 6.42 Å². The number of hydrogen-bond acceptors (Lipinski definition) is 4. The van der Waals surface area contributed by atoms with Crippen LogP contribution in [-0.2, 0) is 16.1 Å². The Morgan fingerprint density at radius 1 is 1.43 bits per heavy atom. The molecule has 21 heavy (non-hydrogen) atoms. The summed E-state index contributed by atoms with van der Waals surface area (Å²) in [6.45, 7) is 3.49. The summed E-state index contributed by atoms with van der Waals surface area (Å²) in [6.07, 6.45) is 3.38. The van der Waals surface area contributed by atoms with E-state index in [-0.39, 0.29) is 12.1 Å². The maximum atomic E-state index is 12.2. The first-order valence-electron chi connectivity index (χ1n) is 7.75. The lowest BCUT2D eigenvalue weighted by Gasteiger charge is -2.25. The topological polar surface area (TPSA) is 51.9 Å². The van der Waals surface area contributed by atoms with Crippen LogP contribution < -0.4 is 0 Å². The molecule has 1 aromatic heterocycles. The lowest BCUT2D eigenvalue weighted by atomic mass is 9.93. The Hall–Kier alpha value is -1.49. The summed E-state index contributed by atoms with van der Waals surface area (Å²) < 4.78 is 16.2. The van der Waals surface area contributed by atoms with Crippen molar-refractivity contribution in [2.45, 2.75) is 38.8 Å². The molecule has 5 nitrogen and oxygen atoms in total. The number of amides is 1. The number of carbonyl (C=O) groups excluding carboxylic acids is 1. The van der Waals surface area contributed by atoms with E-state index >= 15 is 0 Å². The zero-order chi connectivity index (χ0) is 14.8. The van der Waals surface area contributed by atoms with Gasteiger partial charge in [0, 0.05) is 13.7 Å². The van der Waals surface area contributed by atoms with Crippen LogP contribution in [0.2, 0.25) is 0 Å². The van der Waals surface area contributed by atoms with Crippen molar-refractivity contribution >= 4 is 6.09 Å². The van der Waals surface area contributed by atoms with Gasteiger partial charge in [0.15, 0.2) is 0 Å². The van der Waals surface area contributed by atoms with E-state index in [2.05, 4.69) is 0 Å². The van der Waals surface area contributed by atoms with Crippen LogP contribution in [0.15, 0.2) is 16.5 Å². The van der Waals surface area contributed by atoms with Gasteiger partial charge in [0.05, 0.1) is 12.6 Å². The molecular formula is C16H23NO4. The second-order valence-electron chi connectivity index (χ2n) is 5.89. The van der Waals surface area contributed by atoms with E-state index in [1.165, 1.54) is 12.8 Å². The molecule has 2 heterocycles. The molecule has 0 spiro atoms. The van der Waals surface area contributed by atoms with Gasteiger partial charge in [0.25, 0.3) is 0 Å². The minimum absolute atomic E-state index is 0.0159. The highest BCUT2D eigenvalue weighted by molar-refractivity contribution is 5.68. The van der Waals surface area contributed by atoms with Gasteiger partial charge >= 0.3 is 6.09 Å². The van der Waals surface area contributed by atoms with Crippen molar-refractivity contribution in [3.63, 3.8) is 0 Å². The van der Waals surface area contributed by atoms with E-state index in [1.54, 1.807) is 7.11 Å². The fraction of sp³-hybridized carbons (Fsp3) is 0.688. The lowest BCUT2D eigenvalue weighted by Crippen LogP contribution is -2.32. The van der Waals surface area contributed by atoms with Crippen molar-refractivity contribution in [3.8, 4) is 0 Å². The Bertz CT molecular complexity index is 498. The first-order valence-corrected chi connectivity index (χ1v) is 7.75. The number of hydrogen-bond donors (Lipinski definition) is 0. The highest BCUT2D eigenvalue weighted by Crippen LogP contribution is 2.49. The Kier molecular flexibility index (Phi) is 4.19. The Morgan fingerprint density at radius 3 is 3.05 bits per heavy atom. The minimum Gasteiger partial charge on any atom is -0.461 e. The van der Waals surface area contributed by atoms with Crippen LogP contribution >= 0.6 is 0 Å². The molecule has 1 aromatic rings. The number of ether oxygens (including phenoxy) is 2. The summed E-state index contributed by atoms with van der Waals surface area (Å²) >= 11 is 0. The molecule has 5 heteroatoms. The van der Waals surface area contributed by atoms with Gasteiger partial charge in [0.1, 0.15) is 18.1 Å².